The number of rotatable bonds is 6. The van der Waals surface area contributed by atoms with Crippen LogP contribution < -0.4 is 15.4 Å². The second-order valence-corrected chi connectivity index (χ2v) is 6.96. The van der Waals surface area contributed by atoms with Crippen LogP contribution in [0.1, 0.15) is 38.8 Å². The van der Waals surface area contributed by atoms with Gasteiger partial charge in [0.1, 0.15) is 5.75 Å². The molecule has 0 aliphatic carbocycles. The number of hydrogen-bond acceptors (Lipinski definition) is 4. The summed E-state index contributed by atoms with van der Waals surface area (Å²) in [5.41, 5.74) is -0.560. The number of amides is 2. The van der Waals surface area contributed by atoms with Crippen LogP contribution in [0.15, 0.2) is 72.8 Å². The minimum Gasteiger partial charge on any atom is -0.427 e. The van der Waals surface area contributed by atoms with E-state index in [1.54, 1.807) is 24.3 Å². The van der Waals surface area contributed by atoms with Crippen molar-refractivity contribution in [2.75, 3.05) is 5.32 Å². The highest BCUT2D eigenvalue weighted by atomic mass is 19.4. The first-order valence-electron chi connectivity index (χ1n) is 9.77. The van der Waals surface area contributed by atoms with Crippen LogP contribution in [0.2, 0.25) is 0 Å². The third-order valence-electron chi connectivity index (χ3n) is 4.54. The standard InChI is InChI=1S/C24H19F3N2O4/c1-15(30)33-18-9-6-8-16(13-18)22(31)28-14-17-7-2-5-12-21(17)29-23(32)19-10-3-4-11-20(19)24(25,26)27/h2-13H,14H2,1H3,(H,28,31)(H,29,32). The van der Waals surface area contributed by atoms with E-state index in [0.717, 1.165) is 12.1 Å². The van der Waals surface area contributed by atoms with Crippen LogP contribution in [0.5, 0.6) is 5.75 Å². The van der Waals surface area contributed by atoms with Crippen molar-refractivity contribution >= 4 is 23.5 Å². The molecule has 6 nitrogen and oxygen atoms in total. The average Bonchev–Trinajstić information content (AvgIpc) is 2.77. The van der Waals surface area contributed by atoms with Crippen LogP contribution in [0.4, 0.5) is 18.9 Å². The van der Waals surface area contributed by atoms with Gasteiger partial charge in [-0.2, -0.15) is 13.2 Å². The molecule has 170 valence electrons. The van der Waals surface area contributed by atoms with Crippen LogP contribution in [0, 0.1) is 0 Å². The van der Waals surface area contributed by atoms with Gasteiger partial charge in [-0.3, -0.25) is 14.4 Å². The Labute approximate surface area is 187 Å². The number of carbonyl (C=O) groups excluding carboxylic acids is 3. The zero-order valence-corrected chi connectivity index (χ0v) is 17.4. The monoisotopic (exact) mass is 456 g/mol. The van der Waals surface area contributed by atoms with E-state index in [1.165, 1.54) is 43.3 Å². The molecular formula is C24H19F3N2O4. The Kier molecular flexibility index (Phi) is 7.12. The number of nitrogens with one attached hydrogen (secondary N) is 2. The van der Waals surface area contributed by atoms with E-state index >= 15 is 0 Å². The predicted octanol–water partition coefficient (Wildman–Crippen LogP) is 4.81. The Balaban J connectivity index is 1.74. The van der Waals surface area contributed by atoms with E-state index in [1.807, 2.05) is 0 Å². The SMILES string of the molecule is CC(=O)Oc1cccc(C(=O)NCc2ccccc2NC(=O)c2ccccc2C(F)(F)F)c1. The van der Waals surface area contributed by atoms with Crippen LogP contribution >= 0.6 is 0 Å². The number of ether oxygens (including phenoxy) is 1. The maximum atomic E-state index is 13.2. The van der Waals surface area contributed by atoms with Crippen molar-refractivity contribution in [1.82, 2.24) is 5.32 Å². The summed E-state index contributed by atoms with van der Waals surface area (Å²) in [6.45, 7) is 1.24. The molecule has 2 amide bonds. The molecule has 0 bridgehead atoms. The molecule has 0 heterocycles. The van der Waals surface area contributed by atoms with Gasteiger partial charge in [0.2, 0.25) is 0 Å². The van der Waals surface area contributed by atoms with E-state index < -0.39 is 35.1 Å². The van der Waals surface area contributed by atoms with Gasteiger partial charge >= 0.3 is 12.1 Å². The highest BCUT2D eigenvalue weighted by Crippen LogP contribution is 2.32. The highest BCUT2D eigenvalue weighted by molar-refractivity contribution is 6.05. The Morgan fingerprint density at radius 2 is 1.58 bits per heavy atom. The van der Waals surface area contributed by atoms with E-state index in [4.69, 9.17) is 4.74 Å². The molecule has 33 heavy (non-hydrogen) atoms. The molecular weight excluding hydrogens is 437 g/mol. The van der Waals surface area contributed by atoms with Crippen molar-refractivity contribution in [1.29, 1.82) is 0 Å². The minimum absolute atomic E-state index is 0.00595. The lowest BCUT2D eigenvalue weighted by atomic mass is 10.1. The number of halogens is 3. The number of anilines is 1. The molecule has 0 aliphatic rings. The zero-order valence-electron chi connectivity index (χ0n) is 17.4. The smallest absolute Gasteiger partial charge is 0.417 e. The maximum Gasteiger partial charge on any atom is 0.417 e. The lowest BCUT2D eigenvalue weighted by Crippen LogP contribution is -2.24. The molecule has 0 fully saturated rings. The summed E-state index contributed by atoms with van der Waals surface area (Å²) in [7, 11) is 0. The molecule has 3 aromatic carbocycles. The van der Waals surface area contributed by atoms with Crippen molar-refractivity contribution in [3.63, 3.8) is 0 Å². The molecule has 0 saturated heterocycles. The van der Waals surface area contributed by atoms with Gasteiger partial charge in [-0.15, -0.1) is 0 Å². The predicted molar refractivity (Wildman–Crippen MR) is 115 cm³/mol. The van der Waals surface area contributed by atoms with E-state index in [0.29, 0.717) is 5.56 Å². The van der Waals surface area contributed by atoms with Gasteiger partial charge in [0.25, 0.3) is 11.8 Å². The minimum atomic E-state index is -4.68. The van der Waals surface area contributed by atoms with Gasteiger partial charge in [-0.25, -0.2) is 0 Å². The molecule has 0 saturated carbocycles. The van der Waals surface area contributed by atoms with Gasteiger partial charge in [0.05, 0.1) is 11.1 Å². The van der Waals surface area contributed by atoms with E-state index in [2.05, 4.69) is 10.6 Å². The molecule has 0 aliphatic heterocycles. The number of carbonyl (C=O) groups is 3. The van der Waals surface area contributed by atoms with Crippen molar-refractivity contribution < 1.29 is 32.3 Å². The van der Waals surface area contributed by atoms with E-state index in [-0.39, 0.29) is 23.5 Å². The van der Waals surface area contributed by atoms with Gasteiger partial charge in [-0.1, -0.05) is 36.4 Å². The number of para-hydroxylation sites is 1. The normalized spacial score (nSPS) is 10.9. The molecule has 3 aromatic rings. The fourth-order valence-corrected chi connectivity index (χ4v) is 3.06. The van der Waals surface area contributed by atoms with Gasteiger partial charge < -0.3 is 15.4 Å². The van der Waals surface area contributed by atoms with Gasteiger partial charge in [-0.05, 0) is 42.0 Å². The molecule has 0 unspecified atom stereocenters. The van der Waals surface area contributed by atoms with Crippen molar-refractivity contribution in [3.8, 4) is 5.75 Å². The first-order chi connectivity index (χ1) is 15.6. The Hall–Kier alpha value is -4.14. The summed E-state index contributed by atoms with van der Waals surface area (Å²) in [4.78, 5) is 36.2. The molecule has 0 atom stereocenters. The zero-order chi connectivity index (χ0) is 24.0. The third-order valence-corrected chi connectivity index (χ3v) is 4.54. The quantitative estimate of drug-likeness (QED) is 0.412. The second kappa shape index (κ2) is 9.99. The lowest BCUT2D eigenvalue weighted by molar-refractivity contribution is -0.138. The van der Waals surface area contributed by atoms with Crippen LogP contribution in [0.3, 0.4) is 0 Å². The topological polar surface area (TPSA) is 84.5 Å². The number of hydrogen-bond donors (Lipinski definition) is 2. The molecule has 0 radical (unpaired) electrons. The van der Waals surface area contributed by atoms with Gasteiger partial charge in [0.15, 0.2) is 0 Å². The molecule has 0 spiro atoms. The molecule has 3 rings (SSSR count). The van der Waals surface area contributed by atoms with Crippen LogP contribution in [-0.2, 0) is 17.5 Å². The first-order valence-corrected chi connectivity index (χ1v) is 9.77. The van der Waals surface area contributed by atoms with Gasteiger partial charge in [0, 0.05) is 24.7 Å². The van der Waals surface area contributed by atoms with E-state index in [9.17, 15) is 27.6 Å². The Morgan fingerprint density at radius 1 is 0.879 bits per heavy atom. The summed E-state index contributed by atoms with van der Waals surface area (Å²) in [5.74, 6) is -1.70. The molecule has 2 N–H and O–H groups in total. The third kappa shape index (κ3) is 6.19. The van der Waals surface area contributed by atoms with Crippen LogP contribution in [-0.4, -0.2) is 17.8 Å². The number of benzene rings is 3. The summed E-state index contributed by atoms with van der Waals surface area (Å²) in [6.07, 6.45) is -4.68. The van der Waals surface area contributed by atoms with Crippen molar-refractivity contribution in [2.45, 2.75) is 19.6 Å². The summed E-state index contributed by atoms with van der Waals surface area (Å²) in [6, 6.07) is 16.9. The average molecular weight is 456 g/mol. The largest absolute Gasteiger partial charge is 0.427 e. The maximum absolute atomic E-state index is 13.2. The fourth-order valence-electron chi connectivity index (χ4n) is 3.06. The summed E-state index contributed by atoms with van der Waals surface area (Å²) in [5, 5.41) is 5.16. The lowest BCUT2D eigenvalue weighted by Gasteiger charge is -2.15. The van der Waals surface area contributed by atoms with Crippen LogP contribution in [0.25, 0.3) is 0 Å². The highest BCUT2D eigenvalue weighted by Gasteiger charge is 2.34. The second-order valence-electron chi connectivity index (χ2n) is 6.96. The first kappa shape index (κ1) is 23.5. The number of esters is 1. The van der Waals surface area contributed by atoms with Crippen molar-refractivity contribution in [3.05, 3.63) is 95.1 Å². The molecule has 9 heteroatoms. The fraction of sp³-hybridized carbons (Fsp3) is 0.125. The Bertz CT molecular complexity index is 1190. The number of alkyl halides is 3. The summed E-state index contributed by atoms with van der Waals surface area (Å²) < 4.78 is 44.7. The van der Waals surface area contributed by atoms with Crippen molar-refractivity contribution in [2.24, 2.45) is 0 Å². The molecule has 0 aromatic heterocycles. The summed E-state index contributed by atoms with van der Waals surface area (Å²) >= 11 is 0. The Morgan fingerprint density at radius 3 is 2.30 bits per heavy atom.